The summed E-state index contributed by atoms with van der Waals surface area (Å²) in [6, 6.07) is -0.0284. The SMILES string of the molecule is Cl.NC(CNS(=O)(=O)C1CCCOC1)C1CC1. The van der Waals surface area contributed by atoms with Crippen molar-refractivity contribution in [3.05, 3.63) is 0 Å². The predicted molar refractivity (Wildman–Crippen MR) is 68.7 cm³/mol. The summed E-state index contributed by atoms with van der Waals surface area (Å²) in [5, 5.41) is -0.396. The molecule has 1 heterocycles. The third kappa shape index (κ3) is 4.37. The summed E-state index contributed by atoms with van der Waals surface area (Å²) in [6.45, 7) is 1.35. The van der Waals surface area contributed by atoms with Gasteiger partial charge < -0.3 is 10.5 Å². The van der Waals surface area contributed by atoms with E-state index in [1.54, 1.807) is 0 Å². The van der Waals surface area contributed by atoms with E-state index in [-0.39, 0.29) is 18.4 Å². The average molecular weight is 285 g/mol. The summed E-state index contributed by atoms with van der Waals surface area (Å²) in [7, 11) is -3.24. The molecule has 2 unspecified atom stereocenters. The van der Waals surface area contributed by atoms with E-state index in [0.29, 0.717) is 32.1 Å². The van der Waals surface area contributed by atoms with Crippen molar-refractivity contribution in [1.82, 2.24) is 4.72 Å². The van der Waals surface area contributed by atoms with Gasteiger partial charge in [-0.05, 0) is 31.6 Å². The third-order valence-corrected chi connectivity index (χ3v) is 5.12. The molecule has 2 atom stereocenters. The standard InChI is InChI=1S/C10H20N2O3S.ClH/c11-10(8-3-4-8)6-12-16(13,14)9-2-1-5-15-7-9;/h8-10,12H,1-7,11H2;1H. The highest BCUT2D eigenvalue weighted by molar-refractivity contribution is 7.90. The lowest BCUT2D eigenvalue weighted by atomic mass is 10.2. The molecule has 1 saturated heterocycles. The number of ether oxygens (including phenoxy) is 1. The first-order valence-corrected chi connectivity index (χ1v) is 7.46. The van der Waals surface area contributed by atoms with Gasteiger partial charge in [0.1, 0.15) is 0 Å². The van der Waals surface area contributed by atoms with E-state index in [1.807, 2.05) is 0 Å². The van der Waals surface area contributed by atoms with E-state index >= 15 is 0 Å². The largest absolute Gasteiger partial charge is 0.380 e. The third-order valence-electron chi connectivity index (χ3n) is 3.31. The first-order chi connectivity index (χ1) is 7.59. The lowest BCUT2D eigenvalue weighted by molar-refractivity contribution is 0.0988. The molecule has 0 radical (unpaired) electrons. The molecule has 1 saturated carbocycles. The molecule has 0 spiro atoms. The Balaban J connectivity index is 0.00000144. The van der Waals surface area contributed by atoms with E-state index in [4.69, 9.17) is 10.5 Å². The zero-order chi connectivity index (χ0) is 11.6. The van der Waals surface area contributed by atoms with Gasteiger partial charge in [-0.2, -0.15) is 0 Å². The van der Waals surface area contributed by atoms with Crippen molar-refractivity contribution in [2.75, 3.05) is 19.8 Å². The Morgan fingerprint density at radius 3 is 2.59 bits per heavy atom. The molecule has 2 aliphatic rings. The van der Waals surface area contributed by atoms with Crippen LogP contribution in [0.15, 0.2) is 0 Å². The van der Waals surface area contributed by atoms with Crippen LogP contribution in [0.25, 0.3) is 0 Å². The van der Waals surface area contributed by atoms with Gasteiger partial charge in [0.05, 0.1) is 11.9 Å². The van der Waals surface area contributed by atoms with Crippen molar-refractivity contribution >= 4 is 22.4 Å². The van der Waals surface area contributed by atoms with Gasteiger partial charge in [-0.3, -0.25) is 0 Å². The van der Waals surface area contributed by atoms with Crippen LogP contribution < -0.4 is 10.5 Å². The fraction of sp³-hybridized carbons (Fsp3) is 1.00. The minimum absolute atomic E-state index is 0. The van der Waals surface area contributed by atoms with Crippen molar-refractivity contribution in [3.63, 3.8) is 0 Å². The van der Waals surface area contributed by atoms with Crippen molar-refractivity contribution in [2.24, 2.45) is 11.7 Å². The van der Waals surface area contributed by atoms with Crippen LogP contribution in [0.1, 0.15) is 25.7 Å². The number of halogens is 1. The highest BCUT2D eigenvalue weighted by Crippen LogP contribution is 2.31. The predicted octanol–water partition coefficient (Wildman–Crippen LogP) is 0.244. The molecular weight excluding hydrogens is 264 g/mol. The Morgan fingerprint density at radius 1 is 1.35 bits per heavy atom. The molecule has 5 nitrogen and oxygen atoms in total. The van der Waals surface area contributed by atoms with Crippen LogP contribution in [-0.4, -0.2) is 39.5 Å². The molecule has 1 aliphatic carbocycles. The maximum Gasteiger partial charge on any atom is 0.216 e. The second-order valence-electron chi connectivity index (χ2n) is 4.73. The first kappa shape index (κ1) is 15.2. The van der Waals surface area contributed by atoms with Crippen molar-refractivity contribution < 1.29 is 13.2 Å². The molecule has 1 aliphatic heterocycles. The van der Waals surface area contributed by atoms with Crippen LogP contribution in [0.4, 0.5) is 0 Å². The van der Waals surface area contributed by atoms with E-state index < -0.39 is 15.3 Å². The van der Waals surface area contributed by atoms with Gasteiger partial charge in [0.15, 0.2) is 0 Å². The lowest BCUT2D eigenvalue weighted by Gasteiger charge is -2.23. The summed E-state index contributed by atoms with van der Waals surface area (Å²) >= 11 is 0. The summed E-state index contributed by atoms with van der Waals surface area (Å²) in [4.78, 5) is 0. The second kappa shape index (κ2) is 6.33. The number of nitrogens with two attached hydrogens (primary N) is 1. The van der Waals surface area contributed by atoms with E-state index in [0.717, 1.165) is 19.3 Å². The first-order valence-electron chi connectivity index (χ1n) is 5.91. The van der Waals surface area contributed by atoms with Gasteiger partial charge >= 0.3 is 0 Å². The van der Waals surface area contributed by atoms with Crippen LogP contribution in [0.2, 0.25) is 0 Å². The van der Waals surface area contributed by atoms with Crippen LogP contribution in [0, 0.1) is 5.92 Å². The topological polar surface area (TPSA) is 81.4 Å². The van der Waals surface area contributed by atoms with Gasteiger partial charge in [0, 0.05) is 19.2 Å². The number of hydrogen-bond acceptors (Lipinski definition) is 4. The fourth-order valence-electron chi connectivity index (χ4n) is 1.98. The zero-order valence-corrected chi connectivity index (χ0v) is 11.4. The minimum atomic E-state index is -3.24. The Kier molecular flexibility index (Phi) is 5.66. The molecule has 3 N–H and O–H groups in total. The number of hydrogen-bond donors (Lipinski definition) is 2. The van der Waals surface area contributed by atoms with E-state index in [9.17, 15) is 8.42 Å². The highest BCUT2D eigenvalue weighted by atomic mass is 35.5. The normalized spacial score (nSPS) is 27.2. The lowest BCUT2D eigenvalue weighted by Crippen LogP contribution is -2.44. The number of nitrogens with one attached hydrogen (secondary N) is 1. The summed E-state index contributed by atoms with van der Waals surface area (Å²) in [6.07, 6.45) is 3.78. The fourth-order valence-corrected chi connectivity index (χ4v) is 3.39. The molecule has 2 rings (SSSR count). The van der Waals surface area contributed by atoms with Crippen molar-refractivity contribution in [2.45, 2.75) is 37.0 Å². The summed E-state index contributed by atoms with van der Waals surface area (Å²) in [5.41, 5.74) is 5.86. The van der Waals surface area contributed by atoms with E-state index in [2.05, 4.69) is 4.72 Å². The maximum atomic E-state index is 11.9. The Morgan fingerprint density at radius 2 is 2.06 bits per heavy atom. The van der Waals surface area contributed by atoms with Gasteiger partial charge in [-0.15, -0.1) is 12.4 Å². The zero-order valence-electron chi connectivity index (χ0n) is 9.80. The quantitative estimate of drug-likeness (QED) is 0.758. The van der Waals surface area contributed by atoms with Gasteiger partial charge in [0.25, 0.3) is 0 Å². The minimum Gasteiger partial charge on any atom is -0.380 e. The van der Waals surface area contributed by atoms with Crippen molar-refractivity contribution in [3.8, 4) is 0 Å². The van der Waals surface area contributed by atoms with Crippen LogP contribution >= 0.6 is 12.4 Å². The molecule has 17 heavy (non-hydrogen) atoms. The molecule has 0 aromatic heterocycles. The molecule has 2 fully saturated rings. The molecule has 0 aromatic carbocycles. The monoisotopic (exact) mass is 284 g/mol. The highest BCUT2D eigenvalue weighted by Gasteiger charge is 2.32. The van der Waals surface area contributed by atoms with Crippen LogP contribution in [0.5, 0.6) is 0 Å². The molecule has 0 aromatic rings. The van der Waals surface area contributed by atoms with Gasteiger partial charge in [-0.25, -0.2) is 13.1 Å². The summed E-state index contributed by atoms with van der Waals surface area (Å²) in [5.74, 6) is 0.519. The molecule has 0 bridgehead atoms. The maximum absolute atomic E-state index is 11.9. The number of sulfonamides is 1. The molecule has 0 amide bonds. The Labute approximate surface area is 109 Å². The summed E-state index contributed by atoms with van der Waals surface area (Å²) < 4.78 is 31.6. The van der Waals surface area contributed by atoms with Crippen LogP contribution in [0.3, 0.4) is 0 Å². The molecule has 7 heteroatoms. The average Bonchev–Trinajstić information content (AvgIpc) is 3.11. The number of rotatable bonds is 5. The Hall–Kier alpha value is 0.120. The van der Waals surface area contributed by atoms with Gasteiger partial charge in [-0.1, -0.05) is 0 Å². The smallest absolute Gasteiger partial charge is 0.216 e. The van der Waals surface area contributed by atoms with Crippen molar-refractivity contribution in [1.29, 1.82) is 0 Å². The van der Waals surface area contributed by atoms with E-state index in [1.165, 1.54) is 0 Å². The molecule has 102 valence electrons. The van der Waals surface area contributed by atoms with Crippen LogP contribution in [-0.2, 0) is 14.8 Å². The Bertz CT molecular complexity index is 326. The van der Waals surface area contributed by atoms with Gasteiger partial charge in [0.2, 0.25) is 10.0 Å². The molecular formula is C10H21ClN2O3S. The second-order valence-corrected chi connectivity index (χ2v) is 6.78.